The first-order valence-electron chi connectivity index (χ1n) is 8.36. The highest BCUT2D eigenvalue weighted by atomic mass is 19.1. The maximum Gasteiger partial charge on any atom is 0.411 e. The fourth-order valence-electron chi connectivity index (χ4n) is 3.17. The predicted molar refractivity (Wildman–Crippen MR) is 99.9 cm³/mol. The van der Waals surface area contributed by atoms with Gasteiger partial charge in [0.25, 0.3) is 0 Å². The molecule has 1 aromatic carbocycles. The molecule has 28 heavy (non-hydrogen) atoms. The topological polar surface area (TPSA) is 162 Å². The highest BCUT2D eigenvalue weighted by Gasteiger charge is 2.39. The average Bonchev–Trinajstić information content (AvgIpc) is 2.71. The zero-order valence-electron chi connectivity index (χ0n) is 14.8. The second-order valence-corrected chi connectivity index (χ2v) is 6.36. The number of aliphatic carboxylic acids is 1. The molecule has 1 heterocycles. The van der Waals surface area contributed by atoms with Gasteiger partial charge < -0.3 is 36.4 Å². The fraction of sp³-hybridized carbons (Fsp3) is 0.333. The third-order valence-electron chi connectivity index (χ3n) is 4.73. The summed E-state index contributed by atoms with van der Waals surface area (Å²) in [7, 11) is 0. The number of carbonyl (C=O) groups is 2. The Bertz CT molecular complexity index is 806. The van der Waals surface area contributed by atoms with Gasteiger partial charge in [0, 0.05) is 25.2 Å². The molecule has 10 heteroatoms. The summed E-state index contributed by atoms with van der Waals surface area (Å²) in [6, 6.07) is 3.70. The summed E-state index contributed by atoms with van der Waals surface area (Å²) in [5.74, 6) is -3.17. The molecule has 0 aromatic heterocycles. The Morgan fingerprint density at radius 3 is 2.39 bits per heavy atom. The van der Waals surface area contributed by atoms with Crippen LogP contribution in [0.25, 0.3) is 0 Å². The van der Waals surface area contributed by atoms with Crippen LogP contribution in [-0.4, -0.2) is 65.6 Å². The van der Waals surface area contributed by atoms with Crippen molar-refractivity contribution in [2.75, 3.05) is 13.1 Å². The van der Waals surface area contributed by atoms with Gasteiger partial charge in [-0.15, -0.1) is 0 Å². The van der Waals surface area contributed by atoms with Crippen LogP contribution < -0.4 is 0 Å². The third kappa shape index (κ3) is 4.11. The standard InChI is InChI=1S/C18H20FN5O4/c19-12-1-2-13(11(5-12)6-20)15-7-24(4-3-14(15)16(25)26)17(27)28-18(8-21,9-22)10-23/h1-2,5-6,8-10,14-15,20-23H,3-4,7H2,(H,25,26)/t14-,15+,18?/m1/s1. The van der Waals surface area contributed by atoms with E-state index in [1.807, 2.05) is 0 Å². The number of nitrogens with zero attached hydrogens (tertiary/aromatic N) is 1. The largest absolute Gasteiger partial charge is 0.481 e. The maximum absolute atomic E-state index is 13.5. The van der Waals surface area contributed by atoms with Crippen LogP contribution in [-0.2, 0) is 9.53 Å². The normalized spacial score (nSPS) is 21.1. The second kappa shape index (κ2) is 8.51. The maximum atomic E-state index is 13.5. The lowest BCUT2D eigenvalue weighted by Gasteiger charge is -2.37. The Morgan fingerprint density at radius 1 is 1.21 bits per heavy atom. The number of carboxylic acid groups (broad SMARTS) is 1. The van der Waals surface area contributed by atoms with Crippen LogP contribution in [0.1, 0.15) is 23.5 Å². The van der Waals surface area contributed by atoms with Gasteiger partial charge in [-0.1, -0.05) is 6.07 Å². The van der Waals surface area contributed by atoms with E-state index in [1.165, 1.54) is 17.0 Å². The van der Waals surface area contributed by atoms with E-state index in [2.05, 4.69) is 0 Å². The SMILES string of the molecule is N=Cc1cc(F)ccc1[C@@H]1CN(C(=O)OC(C=N)(C=N)C=N)CC[C@H]1C(=O)O. The fourth-order valence-corrected chi connectivity index (χ4v) is 3.17. The van der Waals surface area contributed by atoms with Gasteiger partial charge in [0.1, 0.15) is 5.82 Å². The second-order valence-electron chi connectivity index (χ2n) is 6.36. The van der Waals surface area contributed by atoms with E-state index in [0.29, 0.717) is 24.2 Å². The van der Waals surface area contributed by atoms with E-state index in [9.17, 15) is 19.1 Å². The van der Waals surface area contributed by atoms with Gasteiger partial charge in [0.05, 0.1) is 24.6 Å². The molecule has 0 unspecified atom stereocenters. The molecular weight excluding hydrogens is 369 g/mol. The van der Waals surface area contributed by atoms with Crippen molar-refractivity contribution in [2.24, 2.45) is 5.92 Å². The summed E-state index contributed by atoms with van der Waals surface area (Å²) in [6.45, 7) is 0.00382. The van der Waals surface area contributed by atoms with E-state index < -0.39 is 35.3 Å². The molecule has 0 spiro atoms. The number of nitrogens with one attached hydrogen (secondary N) is 4. The molecule has 0 aliphatic carbocycles. The Morgan fingerprint density at radius 2 is 1.86 bits per heavy atom. The number of carbonyl (C=O) groups excluding carboxylic acids is 1. The van der Waals surface area contributed by atoms with Gasteiger partial charge in [0.2, 0.25) is 5.60 Å². The molecule has 0 radical (unpaired) electrons. The molecule has 2 atom stereocenters. The van der Waals surface area contributed by atoms with E-state index in [4.69, 9.17) is 26.4 Å². The summed E-state index contributed by atoms with van der Waals surface area (Å²) in [5, 5.41) is 38.9. The number of benzene rings is 1. The molecule has 9 nitrogen and oxygen atoms in total. The highest BCUT2D eigenvalue weighted by molar-refractivity contribution is 6.10. The van der Waals surface area contributed by atoms with Gasteiger partial charge in [-0.2, -0.15) is 0 Å². The van der Waals surface area contributed by atoms with Crippen molar-refractivity contribution in [2.45, 2.75) is 17.9 Å². The molecule has 1 saturated heterocycles. The summed E-state index contributed by atoms with van der Waals surface area (Å²) >= 11 is 0. The average molecular weight is 389 g/mol. The van der Waals surface area contributed by atoms with Crippen LogP contribution in [0.3, 0.4) is 0 Å². The summed E-state index contributed by atoms with van der Waals surface area (Å²) in [4.78, 5) is 25.4. The molecule has 1 aromatic rings. The number of hydrogen-bond donors (Lipinski definition) is 5. The van der Waals surface area contributed by atoms with Crippen LogP contribution >= 0.6 is 0 Å². The van der Waals surface area contributed by atoms with E-state index in [1.54, 1.807) is 0 Å². The van der Waals surface area contributed by atoms with Gasteiger partial charge in [0.15, 0.2) is 0 Å². The summed E-state index contributed by atoms with van der Waals surface area (Å²) in [6.07, 6.45) is 2.05. The number of amides is 1. The first kappa shape index (κ1) is 20.9. The van der Waals surface area contributed by atoms with Crippen LogP contribution in [0.4, 0.5) is 9.18 Å². The number of ether oxygens (including phenoxy) is 1. The molecule has 2 rings (SSSR count). The number of halogens is 1. The molecule has 1 aliphatic rings. The zero-order chi connectivity index (χ0) is 20.9. The highest BCUT2D eigenvalue weighted by Crippen LogP contribution is 2.35. The Balaban J connectivity index is 2.34. The van der Waals surface area contributed by atoms with Crippen molar-refractivity contribution in [1.82, 2.24) is 4.90 Å². The van der Waals surface area contributed by atoms with E-state index in [-0.39, 0.29) is 25.1 Å². The first-order chi connectivity index (χ1) is 13.3. The predicted octanol–water partition coefficient (Wildman–Crippen LogP) is 2.14. The lowest BCUT2D eigenvalue weighted by atomic mass is 9.79. The van der Waals surface area contributed by atoms with Crippen molar-refractivity contribution in [1.29, 1.82) is 21.6 Å². The molecule has 5 N–H and O–H groups in total. The van der Waals surface area contributed by atoms with E-state index >= 15 is 0 Å². The van der Waals surface area contributed by atoms with Gasteiger partial charge >= 0.3 is 12.1 Å². The molecule has 0 bridgehead atoms. The minimum absolute atomic E-state index is 0.0631. The lowest BCUT2D eigenvalue weighted by molar-refractivity contribution is -0.144. The van der Waals surface area contributed by atoms with Crippen LogP contribution in [0.2, 0.25) is 0 Å². The quantitative estimate of drug-likeness (QED) is 0.452. The molecule has 1 fully saturated rings. The molecule has 148 valence electrons. The van der Waals surface area contributed by atoms with E-state index in [0.717, 1.165) is 12.3 Å². The Labute approximate surface area is 160 Å². The molecule has 0 saturated carbocycles. The summed E-state index contributed by atoms with van der Waals surface area (Å²) in [5.41, 5.74) is -1.25. The van der Waals surface area contributed by atoms with Gasteiger partial charge in [-0.3, -0.25) is 4.79 Å². The zero-order valence-corrected chi connectivity index (χ0v) is 14.8. The number of hydrogen-bond acceptors (Lipinski definition) is 7. The smallest absolute Gasteiger partial charge is 0.411 e. The molecule has 1 aliphatic heterocycles. The Kier molecular flexibility index (Phi) is 6.34. The monoisotopic (exact) mass is 389 g/mol. The van der Waals surface area contributed by atoms with Crippen molar-refractivity contribution in [3.05, 3.63) is 35.1 Å². The van der Waals surface area contributed by atoms with Crippen molar-refractivity contribution in [3.8, 4) is 0 Å². The number of carboxylic acids is 1. The van der Waals surface area contributed by atoms with Crippen LogP contribution in [0.15, 0.2) is 18.2 Å². The van der Waals surface area contributed by atoms with Crippen molar-refractivity contribution in [3.63, 3.8) is 0 Å². The summed E-state index contributed by atoms with van der Waals surface area (Å²) < 4.78 is 18.6. The minimum Gasteiger partial charge on any atom is -0.481 e. The van der Waals surface area contributed by atoms with Gasteiger partial charge in [-0.25, -0.2) is 9.18 Å². The minimum atomic E-state index is -1.90. The van der Waals surface area contributed by atoms with Crippen molar-refractivity contribution < 1.29 is 23.8 Å². The molecule has 1 amide bonds. The Hall–Kier alpha value is -3.43. The number of rotatable bonds is 7. The van der Waals surface area contributed by atoms with Crippen molar-refractivity contribution >= 4 is 36.9 Å². The number of likely N-dealkylation sites (tertiary alicyclic amines) is 1. The lowest BCUT2D eigenvalue weighted by Crippen LogP contribution is -2.49. The number of piperidine rings is 1. The van der Waals surface area contributed by atoms with Crippen LogP contribution in [0, 0.1) is 33.4 Å². The first-order valence-corrected chi connectivity index (χ1v) is 8.36. The third-order valence-corrected chi connectivity index (χ3v) is 4.73. The van der Waals surface area contributed by atoms with Crippen LogP contribution in [0.5, 0.6) is 0 Å². The van der Waals surface area contributed by atoms with Gasteiger partial charge in [-0.05, 0) is 29.7 Å². The molecular formula is C18H20FN5O4.